The second-order valence-electron chi connectivity index (χ2n) is 6.83. The summed E-state index contributed by atoms with van der Waals surface area (Å²) in [4.78, 5) is 4.14. The van der Waals surface area contributed by atoms with Crippen LogP contribution < -0.4 is 5.32 Å². The van der Waals surface area contributed by atoms with Crippen molar-refractivity contribution in [1.82, 2.24) is 15.1 Å². The zero-order valence-electron chi connectivity index (χ0n) is 12.5. The molecule has 0 radical (unpaired) electrons. The predicted octanol–water partition coefficient (Wildman–Crippen LogP) is 2.23. The van der Waals surface area contributed by atoms with Crippen molar-refractivity contribution in [2.45, 2.75) is 62.8 Å². The van der Waals surface area contributed by atoms with Crippen LogP contribution in [0.5, 0.6) is 0 Å². The fourth-order valence-corrected chi connectivity index (χ4v) is 4.26. The molecule has 1 N–H and O–H groups in total. The van der Waals surface area contributed by atoms with Crippen LogP contribution >= 0.6 is 0 Å². The first-order chi connectivity index (χ1) is 10.0. The highest BCUT2D eigenvalue weighted by Gasteiger charge is 2.37. The molecule has 3 aliphatic heterocycles. The van der Waals surface area contributed by atoms with E-state index in [1.165, 1.54) is 38.8 Å². The Balaban J connectivity index is 1.43. The van der Waals surface area contributed by atoms with Crippen molar-refractivity contribution < 1.29 is 13.2 Å². The summed E-state index contributed by atoms with van der Waals surface area (Å²) in [6, 6.07) is 1.64. The number of nitrogens with one attached hydrogen (secondary N) is 1. The van der Waals surface area contributed by atoms with Gasteiger partial charge in [-0.1, -0.05) is 6.42 Å². The Morgan fingerprint density at radius 2 is 1.67 bits per heavy atom. The van der Waals surface area contributed by atoms with Crippen molar-refractivity contribution in [3.63, 3.8) is 0 Å². The summed E-state index contributed by atoms with van der Waals surface area (Å²) < 4.78 is 37.2. The zero-order chi connectivity index (χ0) is 14.9. The quantitative estimate of drug-likeness (QED) is 0.862. The number of piperidine rings is 2. The van der Waals surface area contributed by atoms with Crippen molar-refractivity contribution in [3.05, 3.63) is 0 Å². The van der Waals surface area contributed by atoms with Gasteiger partial charge in [0.1, 0.15) is 0 Å². The molecule has 0 saturated carbocycles. The Kier molecular flexibility index (Phi) is 4.76. The van der Waals surface area contributed by atoms with E-state index in [0.29, 0.717) is 31.2 Å². The molecule has 0 aliphatic carbocycles. The number of halogens is 3. The number of likely N-dealkylation sites (tertiary alicyclic amines) is 1. The summed E-state index contributed by atoms with van der Waals surface area (Å²) in [5.74, 6) is 0. The number of hydrogen-bond donors (Lipinski definition) is 1. The van der Waals surface area contributed by atoms with Crippen LogP contribution in [-0.4, -0.2) is 66.8 Å². The van der Waals surface area contributed by atoms with Crippen LogP contribution in [0.1, 0.15) is 38.5 Å². The van der Waals surface area contributed by atoms with E-state index in [1.54, 1.807) is 4.90 Å². The van der Waals surface area contributed by atoms with Gasteiger partial charge in [0.2, 0.25) is 0 Å². The molecule has 3 aliphatic rings. The Hall–Kier alpha value is -0.330. The summed E-state index contributed by atoms with van der Waals surface area (Å²) in [5, 5.41) is 3.75. The number of alkyl halides is 3. The minimum absolute atomic E-state index is 0.404. The lowest BCUT2D eigenvalue weighted by molar-refractivity contribution is -0.148. The minimum atomic E-state index is -4.06. The molecule has 3 nitrogen and oxygen atoms in total. The van der Waals surface area contributed by atoms with E-state index in [-0.39, 0.29) is 0 Å². The molecule has 3 rings (SSSR count). The molecule has 2 atom stereocenters. The van der Waals surface area contributed by atoms with Gasteiger partial charge in [0.25, 0.3) is 0 Å². The molecule has 122 valence electrons. The van der Waals surface area contributed by atoms with Crippen LogP contribution in [0.3, 0.4) is 0 Å². The molecule has 6 heteroatoms. The number of nitrogens with zero attached hydrogens (tertiary/aromatic N) is 2. The van der Waals surface area contributed by atoms with E-state index in [0.717, 1.165) is 12.8 Å². The molecular formula is C15H26F3N3. The largest absolute Gasteiger partial charge is 0.401 e. The van der Waals surface area contributed by atoms with Crippen LogP contribution in [0.4, 0.5) is 13.2 Å². The average molecular weight is 305 g/mol. The molecule has 3 saturated heterocycles. The SMILES string of the molecule is FC(F)(F)CN1CCC(NC2CCN3CCCCC23)CC1. The summed E-state index contributed by atoms with van der Waals surface area (Å²) in [5.41, 5.74) is 0. The van der Waals surface area contributed by atoms with Gasteiger partial charge < -0.3 is 5.32 Å². The third kappa shape index (κ3) is 4.11. The van der Waals surface area contributed by atoms with Crippen molar-refractivity contribution in [2.24, 2.45) is 0 Å². The monoisotopic (exact) mass is 305 g/mol. The van der Waals surface area contributed by atoms with Crippen LogP contribution in [0.2, 0.25) is 0 Å². The van der Waals surface area contributed by atoms with E-state index >= 15 is 0 Å². The Morgan fingerprint density at radius 3 is 2.38 bits per heavy atom. The number of fused-ring (bicyclic) bond motifs is 1. The first kappa shape index (κ1) is 15.6. The summed E-state index contributed by atoms with van der Waals surface area (Å²) in [6.45, 7) is 2.80. The van der Waals surface area contributed by atoms with Crippen molar-refractivity contribution in [1.29, 1.82) is 0 Å². The van der Waals surface area contributed by atoms with Gasteiger partial charge in [0, 0.05) is 24.7 Å². The lowest BCUT2D eigenvalue weighted by Crippen LogP contribution is -2.52. The third-order valence-electron chi connectivity index (χ3n) is 5.30. The molecule has 0 spiro atoms. The average Bonchev–Trinajstić information content (AvgIpc) is 2.83. The first-order valence-electron chi connectivity index (χ1n) is 8.30. The molecule has 3 heterocycles. The molecule has 0 bridgehead atoms. The highest BCUT2D eigenvalue weighted by molar-refractivity contribution is 4.96. The van der Waals surface area contributed by atoms with E-state index in [4.69, 9.17) is 0 Å². The Labute approximate surface area is 124 Å². The molecule has 0 aromatic carbocycles. The van der Waals surface area contributed by atoms with Crippen LogP contribution in [0.25, 0.3) is 0 Å². The van der Waals surface area contributed by atoms with Gasteiger partial charge in [-0.2, -0.15) is 13.2 Å². The zero-order valence-corrected chi connectivity index (χ0v) is 12.5. The molecule has 21 heavy (non-hydrogen) atoms. The molecule has 3 fully saturated rings. The second kappa shape index (κ2) is 6.42. The molecule has 2 unspecified atom stereocenters. The van der Waals surface area contributed by atoms with E-state index in [9.17, 15) is 13.2 Å². The summed E-state index contributed by atoms with van der Waals surface area (Å²) in [6.07, 6.45) is 2.76. The standard InChI is InChI=1S/C15H26F3N3/c16-15(17,18)11-20-8-4-12(5-9-20)19-13-6-10-21-7-2-1-3-14(13)21/h12-14,19H,1-11H2. The van der Waals surface area contributed by atoms with Gasteiger partial charge in [0.15, 0.2) is 0 Å². The topological polar surface area (TPSA) is 18.5 Å². The van der Waals surface area contributed by atoms with Crippen LogP contribution in [0.15, 0.2) is 0 Å². The van der Waals surface area contributed by atoms with Gasteiger partial charge in [-0.05, 0) is 51.7 Å². The van der Waals surface area contributed by atoms with E-state index < -0.39 is 12.7 Å². The molecular weight excluding hydrogens is 279 g/mol. The van der Waals surface area contributed by atoms with Gasteiger partial charge in [0.05, 0.1) is 6.54 Å². The van der Waals surface area contributed by atoms with Crippen LogP contribution in [0, 0.1) is 0 Å². The maximum Gasteiger partial charge on any atom is 0.401 e. The Bertz CT molecular complexity index is 340. The molecule has 0 aromatic rings. The van der Waals surface area contributed by atoms with E-state index in [1.807, 2.05) is 0 Å². The summed E-state index contributed by atoms with van der Waals surface area (Å²) in [7, 11) is 0. The van der Waals surface area contributed by atoms with Crippen molar-refractivity contribution in [2.75, 3.05) is 32.7 Å². The number of hydrogen-bond acceptors (Lipinski definition) is 3. The molecule has 0 aromatic heterocycles. The van der Waals surface area contributed by atoms with Crippen molar-refractivity contribution >= 4 is 0 Å². The third-order valence-corrected chi connectivity index (χ3v) is 5.30. The van der Waals surface area contributed by atoms with Gasteiger partial charge >= 0.3 is 6.18 Å². The highest BCUT2D eigenvalue weighted by atomic mass is 19.4. The fraction of sp³-hybridized carbons (Fsp3) is 1.00. The second-order valence-corrected chi connectivity index (χ2v) is 6.83. The maximum atomic E-state index is 12.4. The molecule has 0 amide bonds. The predicted molar refractivity (Wildman–Crippen MR) is 76.3 cm³/mol. The fourth-order valence-electron chi connectivity index (χ4n) is 4.26. The first-order valence-corrected chi connectivity index (χ1v) is 8.30. The lowest BCUT2D eigenvalue weighted by atomic mass is 9.96. The summed E-state index contributed by atoms with van der Waals surface area (Å²) >= 11 is 0. The van der Waals surface area contributed by atoms with Gasteiger partial charge in [-0.15, -0.1) is 0 Å². The minimum Gasteiger partial charge on any atom is -0.310 e. The van der Waals surface area contributed by atoms with Gasteiger partial charge in [-0.25, -0.2) is 0 Å². The number of rotatable bonds is 3. The maximum absolute atomic E-state index is 12.4. The van der Waals surface area contributed by atoms with Crippen molar-refractivity contribution in [3.8, 4) is 0 Å². The van der Waals surface area contributed by atoms with Crippen LogP contribution in [-0.2, 0) is 0 Å². The normalized spacial score (nSPS) is 33.3. The lowest BCUT2D eigenvalue weighted by Gasteiger charge is -2.37. The van der Waals surface area contributed by atoms with E-state index in [2.05, 4.69) is 10.2 Å². The smallest absolute Gasteiger partial charge is 0.310 e. The highest BCUT2D eigenvalue weighted by Crippen LogP contribution is 2.28. The van der Waals surface area contributed by atoms with Gasteiger partial charge in [-0.3, -0.25) is 9.80 Å². The Morgan fingerprint density at radius 1 is 0.905 bits per heavy atom.